The van der Waals surface area contributed by atoms with E-state index in [1.165, 1.54) is 0 Å². The first-order valence-corrected chi connectivity index (χ1v) is 16.1. The second kappa shape index (κ2) is 10.8. The van der Waals surface area contributed by atoms with Crippen LogP contribution in [0.2, 0.25) is 0 Å². The van der Waals surface area contributed by atoms with E-state index < -0.39 is 30.9 Å². The fraction of sp³-hybridized carbons (Fsp3) is 0.393. The number of hydrogen-bond donors (Lipinski definition) is 5. The number of hydrogen-bond acceptors (Lipinski definition) is 7. The number of anilines is 1. The molecular formula is C28H39N6O4S2+. The van der Waals surface area contributed by atoms with Gasteiger partial charge in [-0.25, -0.2) is 26.3 Å². The van der Waals surface area contributed by atoms with E-state index in [1.54, 1.807) is 30.3 Å². The maximum Gasteiger partial charge on any atom is 0.240 e. The molecule has 216 valence electrons. The van der Waals surface area contributed by atoms with E-state index in [0.29, 0.717) is 0 Å². The molecule has 0 spiro atoms. The second-order valence-corrected chi connectivity index (χ2v) is 14.6. The molecular weight excluding hydrogens is 548 g/mol. The number of benzene rings is 2. The van der Waals surface area contributed by atoms with Gasteiger partial charge in [0.15, 0.2) is 5.71 Å². The standard InChI is InChI=1S/C28H38N6O4S2/c1-27(2)21-17-19(39(35,36)31-15-13-29)9-11-23(21)33-25(27)7-6-8-26-28(3,4)22-18-20(10-12-24(22)34(26)5)40(37,38)32-16-14-30/h6-12,17-18,31-32H,13-16,29-30H2,1-5H3/p+1. The first-order valence-electron chi connectivity index (χ1n) is 13.1. The van der Waals surface area contributed by atoms with E-state index in [1.807, 2.05) is 45.2 Å². The summed E-state index contributed by atoms with van der Waals surface area (Å²) < 4.78 is 57.8. The van der Waals surface area contributed by atoms with Gasteiger partial charge in [0, 0.05) is 60.7 Å². The summed E-state index contributed by atoms with van der Waals surface area (Å²) >= 11 is 0. The number of rotatable bonds is 10. The number of fused-ring (bicyclic) bond motifs is 2. The molecule has 0 amide bonds. The third-order valence-corrected chi connectivity index (χ3v) is 10.5. The topological polar surface area (TPSA) is 159 Å². The molecule has 40 heavy (non-hydrogen) atoms. The summed E-state index contributed by atoms with van der Waals surface area (Å²) in [5, 5.41) is 3.43. The largest absolute Gasteiger partial charge is 0.358 e. The first-order chi connectivity index (χ1) is 18.7. The predicted octanol–water partition coefficient (Wildman–Crippen LogP) is 2.01. The Hall–Kier alpha value is -2.87. The lowest BCUT2D eigenvalue weighted by Gasteiger charge is -2.20. The molecule has 2 heterocycles. The van der Waals surface area contributed by atoms with Gasteiger partial charge in [0.2, 0.25) is 25.7 Å². The van der Waals surface area contributed by atoms with Crippen molar-refractivity contribution in [3.8, 4) is 0 Å². The average molecular weight is 588 g/mol. The molecule has 0 saturated carbocycles. The lowest BCUT2D eigenvalue weighted by molar-refractivity contribution is -0.401. The van der Waals surface area contributed by atoms with E-state index in [0.717, 1.165) is 33.9 Å². The first kappa shape index (κ1) is 30.1. The Labute approximate surface area is 237 Å². The molecule has 2 aliphatic rings. The second-order valence-electron chi connectivity index (χ2n) is 11.0. The minimum Gasteiger partial charge on any atom is -0.358 e. The van der Waals surface area contributed by atoms with Gasteiger partial charge in [-0.2, -0.15) is 4.58 Å². The molecule has 2 aliphatic heterocycles. The molecule has 7 N–H and O–H groups in total. The van der Waals surface area contributed by atoms with Gasteiger partial charge >= 0.3 is 0 Å². The van der Waals surface area contributed by atoms with E-state index in [-0.39, 0.29) is 36.0 Å². The summed E-state index contributed by atoms with van der Waals surface area (Å²) in [4.78, 5) is 0.413. The van der Waals surface area contributed by atoms with Gasteiger partial charge in [-0.3, -0.25) is 0 Å². The number of sulfonamides is 2. The number of nitrogens with one attached hydrogen (secondary N) is 3. The van der Waals surface area contributed by atoms with Crippen LogP contribution in [0.1, 0.15) is 38.8 Å². The van der Waals surface area contributed by atoms with Gasteiger partial charge in [0.05, 0.1) is 15.2 Å². The van der Waals surface area contributed by atoms with Crippen molar-refractivity contribution in [1.82, 2.24) is 9.44 Å². The highest BCUT2D eigenvalue weighted by Gasteiger charge is 2.43. The zero-order valence-electron chi connectivity index (χ0n) is 23.6. The summed E-state index contributed by atoms with van der Waals surface area (Å²) in [6.07, 6.45) is 5.99. The van der Waals surface area contributed by atoms with E-state index >= 15 is 0 Å². The number of allylic oxidation sites excluding steroid dienone is 4. The van der Waals surface area contributed by atoms with E-state index in [9.17, 15) is 16.8 Å². The van der Waals surface area contributed by atoms with Crippen LogP contribution < -0.4 is 26.2 Å². The van der Waals surface area contributed by atoms with Gasteiger partial charge < -0.3 is 16.8 Å². The van der Waals surface area contributed by atoms with Crippen molar-refractivity contribution in [3.63, 3.8) is 0 Å². The molecule has 0 unspecified atom stereocenters. The van der Waals surface area contributed by atoms with E-state index in [4.69, 9.17) is 11.5 Å². The van der Waals surface area contributed by atoms with Crippen molar-refractivity contribution in [2.75, 3.05) is 38.5 Å². The van der Waals surface area contributed by atoms with Crippen molar-refractivity contribution < 1.29 is 21.4 Å². The Morgan fingerprint density at radius 3 is 1.98 bits per heavy atom. The van der Waals surface area contributed by atoms with Crippen LogP contribution in [0.25, 0.3) is 0 Å². The van der Waals surface area contributed by atoms with Crippen molar-refractivity contribution >= 4 is 37.1 Å². The average Bonchev–Trinajstić information content (AvgIpc) is 3.27. The van der Waals surface area contributed by atoms with Crippen LogP contribution in [-0.2, 0) is 30.9 Å². The SMILES string of the molecule is C[N+]1=C(C=CC=C2Nc3ccc(S(=O)(=O)NCCN)cc3C2(C)C)C(C)(C)c2cc(S(=O)(=O)NCCN)ccc21. The monoisotopic (exact) mass is 587 g/mol. The molecule has 0 radical (unpaired) electrons. The van der Waals surface area contributed by atoms with Crippen LogP contribution >= 0.6 is 0 Å². The molecule has 4 rings (SSSR count). The lowest BCUT2D eigenvalue weighted by atomic mass is 9.81. The van der Waals surface area contributed by atoms with Gasteiger partial charge in [-0.1, -0.05) is 19.9 Å². The third kappa shape index (κ3) is 5.39. The molecule has 0 fully saturated rings. The molecule has 0 bridgehead atoms. The quantitative estimate of drug-likeness (QED) is 0.266. The molecule has 2 aromatic carbocycles. The Bertz CT molecular complexity index is 1640. The van der Waals surface area contributed by atoms with Crippen LogP contribution in [0.15, 0.2) is 70.1 Å². The van der Waals surface area contributed by atoms with Crippen LogP contribution in [-0.4, -0.2) is 60.3 Å². The van der Waals surface area contributed by atoms with Gasteiger partial charge in [0.1, 0.15) is 7.05 Å². The Morgan fingerprint density at radius 2 is 1.40 bits per heavy atom. The third-order valence-electron chi connectivity index (χ3n) is 7.62. The van der Waals surface area contributed by atoms with Crippen LogP contribution in [0.4, 0.5) is 11.4 Å². The minimum atomic E-state index is -3.65. The minimum absolute atomic E-state index is 0.173. The van der Waals surface area contributed by atoms with Crippen molar-refractivity contribution in [2.45, 2.75) is 48.3 Å². The summed E-state index contributed by atoms with van der Waals surface area (Å²) in [6, 6.07) is 10.3. The van der Waals surface area contributed by atoms with Crippen LogP contribution in [0, 0.1) is 0 Å². The smallest absolute Gasteiger partial charge is 0.240 e. The molecule has 2 aromatic rings. The maximum absolute atomic E-state index is 12.7. The Morgan fingerprint density at radius 1 is 0.850 bits per heavy atom. The summed E-state index contributed by atoms with van der Waals surface area (Å²) in [5.41, 5.74) is 15.6. The normalized spacial score (nSPS) is 18.8. The molecule has 0 saturated heterocycles. The highest BCUT2D eigenvalue weighted by Crippen LogP contribution is 2.44. The molecule has 10 nitrogen and oxygen atoms in total. The lowest BCUT2D eigenvalue weighted by Crippen LogP contribution is -2.30. The molecule has 0 atom stereocenters. The summed E-state index contributed by atoms with van der Waals surface area (Å²) in [5.74, 6) is 0. The summed E-state index contributed by atoms with van der Waals surface area (Å²) in [7, 11) is -5.34. The predicted molar refractivity (Wildman–Crippen MR) is 159 cm³/mol. The van der Waals surface area contributed by atoms with Crippen molar-refractivity contribution in [1.29, 1.82) is 0 Å². The maximum atomic E-state index is 12.7. The highest BCUT2D eigenvalue weighted by atomic mass is 32.2. The number of nitrogens with two attached hydrogens (primary N) is 2. The zero-order chi connectivity index (χ0) is 29.5. The van der Waals surface area contributed by atoms with Gasteiger partial charge in [-0.05, 0) is 55.8 Å². The molecule has 0 aliphatic carbocycles. The summed E-state index contributed by atoms with van der Waals surface area (Å²) in [6.45, 7) is 9.02. The van der Waals surface area contributed by atoms with Crippen molar-refractivity contribution in [3.05, 3.63) is 71.5 Å². The molecule has 0 aromatic heterocycles. The van der Waals surface area contributed by atoms with Crippen LogP contribution in [0.3, 0.4) is 0 Å². The number of nitrogens with zero attached hydrogens (tertiary/aromatic N) is 1. The fourth-order valence-corrected chi connectivity index (χ4v) is 7.43. The van der Waals surface area contributed by atoms with Crippen molar-refractivity contribution in [2.24, 2.45) is 11.5 Å². The Balaban J connectivity index is 1.61. The van der Waals surface area contributed by atoms with E-state index in [2.05, 4.69) is 33.2 Å². The zero-order valence-corrected chi connectivity index (χ0v) is 25.2. The van der Waals surface area contributed by atoms with Gasteiger partial charge in [0.25, 0.3) is 0 Å². The Kier molecular flexibility index (Phi) is 8.16. The molecule has 12 heteroatoms. The highest BCUT2D eigenvalue weighted by molar-refractivity contribution is 7.89. The van der Waals surface area contributed by atoms with Gasteiger partial charge in [-0.15, -0.1) is 0 Å². The fourth-order valence-electron chi connectivity index (χ4n) is 5.28. The van der Waals surface area contributed by atoms with Crippen LogP contribution in [0.5, 0.6) is 0 Å².